The lowest BCUT2D eigenvalue weighted by molar-refractivity contribution is -0.00699. The molecule has 0 rings (SSSR count). The van der Waals surface area contributed by atoms with Crippen molar-refractivity contribution in [3.05, 3.63) is 0 Å². The van der Waals surface area contributed by atoms with E-state index in [4.69, 9.17) is 54.4 Å². The second kappa shape index (κ2) is 19.9. The molecule has 0 heterocycles. The quantitative estimate of drug-likeness (QED) is 0.130. The van der Waals surface area contributed by atoms with E-state index in [0.29, 0.717) is 38.2 Å². The Labute approximate surface area is 161 Å². The Hall–Kier alpha value is 0.147. The Bertz CT molecular complexity index is 254. The van der Waals surface area contributed by atoms with Gasteiger partial charge in [0.05, 0.1) is 79.3 Å². The van der Waals surface area contributed by atoms with Crippen LogP contribution in [0, 0.1) is 0 Å². The third-order valence-electron chi connectivity index (χ3n) is 2.97. The van der Waals surface area contributed by atoms with Crippen molar-refractivity contribution in [2.24, 2.45) is 0 Å². The molecule has 158 valence electrons. The summed E-state index contributed by atoms with van der Waals surface area (Å²) in [5, 5.41) is 26.2. The first kappa shape index (κ1) is 26.1. The summed E-state index contributed by atoms with van der Waals surface area (Å²) in [5.74, 6) is 0.452. The molecule has 0 bridgehead atoms. The first-order valence-electron chi connectivity index (χ1n) is 8.78. The number of halogens is 1. The van der Waals surface area contributed by atoms with Crippen LogP contribution in [-0.4, -0.2) is 109 Å². The first-order chi connectivity index (χ1) is 12.7. The predicted octanol–water partition coefficient (Wildman–Crippen LogP) is -0.369. The fourth-order valence-corrected chi connectivity index (χ4v) is 4.73. The van der Waals surface area contributed by atoms with Gasteiger partial charge in [-0.2, -0.15) is 0 Å². The monoisotopic (exact) mass is 420 g/mol. The predicted molar refractivity (Wildman–Crippen MR) is 97.5 cm³/mol. The van der Waals surface area contributed by atoms with Crippen molar-refractivity contribution in [2.75, 3.05) is 85.2 Å². The number of ether oxygens (including phenoxy) is 3. The molecule has 0 aromatic heterocycles. The number of hydrogen-bond donors (Lipinski definition) is 3. The second-order valence-corrected chi connectivity index (χ2v) is 8.14. The van der Waals surface area contributed by atoms with Crippen LogP contribution in [-0.2, 0) is 27.5 Å². The molecule has 0 amide bonds. The van der Waals surface area contributed by atoms with Crippen LogP contribution in [0.2, 0.25) is 6.04 Å². The van der Waals surface area contributed by atoms with Crippen molar-refractivity contribution in [2.45, 2.75) is 12.5 Å². The van der Waals surface area contributed by atoms with Gasteiger partial charge in [-0.15, -0.1) is 11.6 Å². The van der Waals surface area contributed by atoms with Gasteiger partial charge in [0.2, 0.25) is 0 Å². The number of aliphatic hydroxyl groups is 3. The summed E-state index contributed by atoms with van der Waals surface area (Å²) < 4.78 is 33.3. The Morgan fingerprint density at radius 1 is 0.577 bits per heavy atom. The topological polar surface area (TPSA) is 116 Å². The van der Waals surface area contributed by atoms with Crippen LogP contribution in [0.15, 0.2) is 0 Å². The van der Waals surface area contributed by atoms with Gasteiger partial charge in [0.1, 0.15) is 0 Å². The zero-order valence-corrected chi connectivity index (χ0v) is 17.0. The molecule has 0 saturated carbocycles. The highest BCUT2D eigenvalue weighted by Gasteiger charge is 2.40. The minimum atomic E-state index is -3.01. The molecule has 9 nitrogen and oxygen atoms in total. The molecule has 0 aliphatic carbocycles. The first-order valence-corrected chi connectivity index (χ1v) is 11.2. The number of rotatable bonds is 21. The minimum absolute atomic E-state index is 0.0494. The van der Waals surface area contributed by atoms with Crippen molar-refractivity contribution in [1.29, 1.82) is 0 Å². The van der Waals surface area contributed by atoms with E-state index in [-0.39, 0.29) is 59.5 Å². The zero-order chi connectivity index (χ0) is 19.3. The fourth-order valence-electron chi connectivity index (χ4n) is 1.89. The number of hydrogen-bond acceptors (Lipinski definition) is 9. The molecule has 26 heavy (non-hydrogen) atoms. The SMILES string of the molecule is OCCOCCO[Si](CCCCl)(OCCOCCO)OCCOCCO. The molecule has 0 saturated heterocycles. The third-order valence-corrected chi connectivity index (χ3v) is 6.14. The van der Waals surface area contributed by atoms with E-state index in [1.807, 2.05) is 0 Å². The maximum Gasteiger partial charge on any atom is 0.501 e. The van der Waals surface area contributed by atoms with E-state index in [1.165, 1.54) is 0 Å². The molecule has 0 unspecified atom stereocenters. The van der Waals surface area contributed by atoms with Gasteiger partial charge in [-0.25, -0.2) is 0 Å². The molecule has 11 heteroatoms. The Kier molecular flexibility index (Phi) is 20.0. The van der Waals surface area contributed by atoms with Crippen LogP contribution >= 0.6 is 11.6 Å². The van der Waals surface area contributed by atoms with Crippen molar-refractivity contribution < 1.29 is 42.8 Å². The van der Waals surface area contributed by atoms with Gasteiger partial charge in [-0.05, 0) is 6.42 Å². The Morgan fingerprint density at radius 3 is 1.27 bits per heavy atom. The molecule has 0 spiro atoms. The van der Waals surface area contributed by atoms with Crippen molar-refractivity contribution in [3.63, 3.8) is 0 Å². The van der Waals surface area contributed by atoms with Crippen molar-refractivity contribution >= 4 is 20.4 Å². The van der Waals surface area contributed by atoms with Crippen LogP contribution in [0.3, 0.4) is 0 Å². The lowest BCUT2D eigenvalue weighted by Gasteiger charge is -2.29. The van der Waals surface area contributed by atoms with Crippen LogP contribution in [0.1, 0.15) is 6.42 Å². The van der Waals surface area contributed by atoms with E-state index >= 15 is 0 Å². The molecule has 0 aliphatic heterocycles. The number of aliphatic hydroxyl groups excluding tert-OH is 3. The average Bonchev–Trinajstić information content (AvgIpc) is 2.65. The summed E-state index contributed by atoms with van der Waals surface area (Å²) in [4.78, 5) is 0. The van der Waals surface area contributed by atoms with Gasteiger partial charge in [-0.1, -0.05) is 0 Å². The van der Waals surface area contributed by atoms with Gasteiger partial charge in [0.25, 0.3) is 0 Å². The van der Waals surface area contributed by atoms with E-state index < -0.39 is 8.80 Å². The highest BCUT2D eigenvalue weighted by atomic mass is 35.5. The molecule has 0 aromatic rings. The maximum absolute atomic E-state index is 8.73. The lowest BCUT2D eigenvalue weighted by atomic mass is 10.6. The largest absolute Gasteiger partial charge is 0.501 e. The zero-order valence-electron chi connectivity index (χ0n) is 15.3. The van der Waals surface area contributed by atoms with Crippen LogP contribution in [0.5, 0.6) is 0 Å². The average molecular weight is 421 g/mol. The molecule has 0 aliphatic rings. The smallest absolute Gasteiger partial charge is 0.394 e. The van der Waals surface area contributed by atoms with E-state index in [9.17, 15) is 0 Å². The molecular weight excluding hydrogens is 388 g/mol. The van der Waals surface area contributed by atoms with Crippen LogP contribution < -0.4 is 0 Å². The normalized spacial score (nSPS) is 12.0. The minimum Gasteiger partial charge on any atom is -0.394 e. The lowest BCUT2D eigenvalue weighted by Crippen LogP contribution is -2.48. The highest BCUT2D eigenvalue weighted by Crippen LogP contribution is 2.19. The van der Waals surface area contributed by atoms with Crippen molar-refractivity contribution in [3.8, 4) is 0 Å². The van der Waals surface area contributed by atoms with Crippen LogP contribution in [0.4, 0.5) is 0 Å². The highest BCUT2D eigenvalue weighted by molar-refractivity contribution is 6.60. The fraction of sp³-hybridized carbons (Fsp3) is 1.00. The maximum atomic E-state index is 8.73. The van der Waals surface area contributed by atoms with Gasteiger partial charge in [0.15, 0.2) is 0 Å². The van der Waals surface area contributed by atoms with Crippen molar-refractivity contribution in [1.82, 2.24) is 0 Å². The molecular formula is C15H33ClO9Si. The molecule has 0 radical (unpaired) electrons. The summed E-state index contributed by atoms with van der Waals surface area (Å²) in [5.41, 5.74) is 0. The number of alkyl halides is 1. The molecule has 0 fully saturated rings. The van der Waals surface area contributed by atoms with E-state index in [1.54, 1.807) is 0 Å². The third kappa shape index (κ3) is 15.2. The summed E-state index contributed by atoms with van der Waals surface area (Å²) in [7, 11) is -3.01. The second-order valence-electron chi connectivity index (χ2n) is 5.03. The Morgan fingerprint density at radius 2 is 0.962 bits per heavy atom. The molecule has 3 N–H and O–H groups in total. The summed E-state index contributed by atoms with van der Waals surface area (Å²) in [6.07, 6.45) is 0.667. The van der Waals surface area contributed by atoms with Gasteiger partial charge in [0, 0.05) is 11.9 Å². The standard InChI is InChI=1S/C15H33ClO9Si/c16-2-1-15-26(23-12-9-20-6-3-17,24-13-10-21-7-4-18)25-14-11-22-8-5-19/h17-19H,1-15H2. The van der Waals surface area contributed by atoms with Gasteiger partial charge in [-0.3, -0.25) is 0 Å². The molecule has 0 atom stereocenters. The van der Waals surface area contributed by atoms with Gasteiger partial charge < -0.3 is 42.8 Å². The Balaban J connectivity index is 4.52. The summed E-state index contributed by atoms with van der Waals surface area (Å²) >= 11 is 5.81. The van der Waals surface area contributed by atoms with Crippen LogP contribution in [0.25, 0.3) is 0 Å². The van der Waals surface area contributed by atoms with E-state index in [2.05, 4.69) is 0 Å². The summed E-state index contributed by atoms with van der Waals surface area (Å²) in [6, 6.07) is 0.538. The van der Waals surface area contributed by atoms with E-state index in [0.717, 1.165) is 0 Å². The van der Waals surface area contributed by atoms with Gasteiger partial charge >= 0.3 is 8.80 Å². The molecule has 0 aromatic carbocycles. The summed E-state index contributed by atoms with van der Waals surface area (Å²) in [6.45, 7) is 2.31.